The van der Waals surface area contributed by atoms with Crippen LogP contribution >= 0.6 is 37.2 Å². The van der Waals surface area contributed by atoms with Gasteiger partial charge in [-0.05, 0) is 60.3 Å². The molecule has 0 aliphatic carbocycles. The lowest BCUT2D eigenvalue weighted by Crippen LogP contribution is -2.49. The Hall–Kier alpha value is -1.68. The number of nitrogens with one attached hydrogen (secondary N) is 2. The second kappa shape index (κ2) is 15.9. The molecule has 0 saturated carbocycles. The van der Waals surface area contributed by atoms with Crippen molar-refractivity contribution in [3.8, 4) is 0 Å². The summed E-state index contributed by atoms with van der Waals surface area (Å²) in [5.41, 5.74) is 5.01. The number of nitrogens with zero attached hydrogens (tertiary/aromatic N) is 2. The molecule has 2 aliphatic heterocycles. The Kier molecular flexibility index (Phi) is 13.7. The molecular weight excluding hydrogens is 575 g/mol. The van der Waals surface area contributed by atoms with Crippen molar-refractivity contribution >= 4 is 47.2 Å². The van der Waals surface area contributed by atoms with E-state index in [2.05, 4.69) is 80.5 Å². The highest BCUT2D eigenvalue weighted by molar-refractivity contribution is 7.89. The number of halogens is 3. The van der Waals surface area contributed by atoms with Crippen molar-refractivity contribution in [1.29, 1.82) is 0 Å². The largest absolute Gasteiger partial charge is 0.316 e. The number of sulfonamides is 1. The summed E-state index contributed by atoms with van der Waals surface area (Å²) < 4.78 is 28.7. The van der Waals surface area contributed by atoms with Gasteiger partial charge in [-0.25, -0.2) is 13.1 Å². The lowest BCUT2D eigenvalue weighted by Gasteiger charge is -2.39. The van der Waals surface area contributed by atoms with Gasteiger partial charge >= 0.3 is 0 Å². The first-order valence-electron chi connectivity index (χ1n) is 13.0. The van der Waals surface area contributed by atoms with E-state index in [0.717, 1.165) is 57.7 Å². The normalized spacial score (nSPS) is 16.2. The molecule has 0 aromatic heterocycles. The molecule has 214 valence electrons. The second-order valence-corrected chi connectivity index (χ2v) is 11.4. The Morgan fingerprint density at radius 1 is 0.744 bits per heavy atom. The van der Waals surface area contributed by atoms with E-state index in [1.165, 1.54) is 16.7 Å². The summed E-state index contributed by atoms with van der Waals surface area (Å²) in [6.07, 6.45) is 1.82. The average Bonchev–Trinajstić information content (AvgIpc) is 3.16. The zero-order chi connectivity index (χ0) is 24.8. The van der Waals surface area contributed by atoms with E-state index in [1.807, 2.05) is 12.1 Å². The van der Waals surface area contributed by atoms with Crippen LogP contribution < -0.4 is 10.0 Å². The van der Waals surface area contributed by atoms with Gasteiger partial charge < -0.3 is 5.32 Å². The smallest absolute Gasteiger partial charge is 0.240 e. The predicted octanol–water partition coefficient (Wildman–Crippen LogP) is 4.33. The van der Waals surface area contributed by atoms with Crippen LogP contribution in [0.5, 0.6) is 0 Å². The van der Waals surface area contributed by atoms with Crippen LogP contribution in [-0.2, 0) is 22.9 Å². The van der Waals surface area contributed by atoms with Crippen LogP contribution in [0, 0.1) is 0 Å². The van der Waals surface area contributed by atoms with Crippen molar-refractivity contribution in [2.45, 2.75) is 23.8 Å². The Morgan fingerprint density at radius 3 is 1.90 bits per heavy atom. The topological polar surface area (TPSA) is 64.7 Å². The maximum Gasteiger partial charge on any atom is 0.240 e. The van der Waals surface area contributed by atoms with Crippen molar-refractivity contribution in [2.24, 2.45) is 0 Å². The summed E-state index contributed by atoms with van der Waals surface area (Å²) in [6, 6.07) is 27.2. The van der Waals surface area contributed by atoms with E-state index >= 15 is 0 Å². The van der Waals surface area contributed by atoms with E-state index in [-0.39, 0.29) is 43.3 Å². The molecule has 3 aromatic carbocycles. The van der Waals surface area contributed by atoms with Gasteiger partial charge in [-0.15, -0.1) is 37.2 Å². The molecule has 1 fully saturated rings. The molecule has 0 atom stereocenters. The number of hydrogen-bond donors (Lipinski definition) is 2. The minimum absolute atomic E-state index is 0. The van der Waals surface area contributed by atoms with Crippen molar-refractivity contribution in [3.63, 3.8) is 0 Å². The molecule has 6 nitrogen and oxygen atoms in total. The van der Waals surface area contributed by atoms with Crippen molar-refractivity contribution in [2.75, 3.05) is 52.4 Å². The van der Waals surface area contributed by atoms with Crippen LogP contribution in [0.3, 0.4) is 0 Å². The fourth-order valence-corrected chi connectivity index (χ4v) is 6.44. The second-order valence-electron chi connectivity index (χ2n) is 9.68. The van der Waals surface area contributed by atoms with Gasteiger partial charge in [-0.1, -0.05) is 66.7 Å². The van der Waals surface area contributed by atoms with E-state index in [9.17, 15) is 8.42 Å². The Labute approximate surface area is 251 Å². The Bertz CT molecular complexity index is 1200. The third-order valence-electron chi connectivity index (χ3n) is 7.35. The van der Waals surface area contributed by atoms with Crippen molar-refractivity contribution in [3.05, 3.63) is 101 Å². The molecule has 0 spiro atoms. The first-order chi connectivity index (χ1) is 17.6. The lowest BCUT2D eigenvalue weighted by atomic mass is 9.96. The summed E-state index contributed by atoms with van der Waals surface area (Å²) in [7, 11) is -3.51. The van der Waals surface area contributed by atoms with E-state index < -0.39 is 10.0 Å². The first-order valence-corrected chi connectivity index (χ1v) is 14.5. The van der Waals surface area contributed by atoms with Crippen LogP contribution in [0.25, 0.3) is 0 Å². The standard InChI is InChI=1S/C29H36N4O2S.3ClH/c34-36(35,28-12-11-24-13-15-30-16-14-27(24)23-28)31-17-18-32-19-21-33(22-20-32)29(25-7-3-1-4-8-25)26-9-5-2-6-10-26;;;/h1-12,23,29-31H,13-22H2;3*1H. The van der Waals surface area contributed by atoms with Gasteiger partial charge in [0.05, 0.1) is 10.9 Å². The summed E-state index contributed by atoms with van der Waals surface area (Å²) in [6.45, 7) is 6.70. The molecule has 2 heterocycles. The Balaban J connectivity index is 0.00000178. The van der Waals surface area contributed by atoms with Gasteiger partial charge in [0.2, 0.25) is 10.0 Å². The van der Waals surface area contributed by atoms with Crippen LogP contribution in [0.4, 0.5) is 0 Å². The van der Waals surface area contributed by atoms with Crippen molar-refractivity contribution in [1.82, 2.24) is 19.8 Å². The highest BCUT2D eigenvalue weighted by Gasteiger charge is 2.26. The molecule has 39 heavy (non-hydrogen) atoms. The summed E-state index contributed by atoms with van der Waals surface area (Å²) in [5, 5.41) is 3.38. The molecular formula is C29H39Cl3N4O2S. The van der Waals surface area contributed by atoms with E-state index in [1.54, 1.807) is 6.07 Å². The van der Waals surface area contributed by atoms with Crippen LogP contribution in [0.2, 0.25) is 0 Å². The number of fused-ring (bicyclic) bond motifs is 1. The van der Waals surface area contributed by atoms with Gasteiger partial charge in [0.1, 0.15) is 0 Å². The molecule has 10 heteroatoms. The van der Waals surface area contributed by atoms with Crippen LogP contribution in [-0.4, -0.2) is 70.6 Å². The zero-order valence-corrected chi connectivity index (χ0v) is 25.3. The molecule has 1 saturated heterocycles. The number of rotatable bonds is 8. The van der Waals surface area contributed by atoms with Gasteiger partial charge in [0.25, 0.3) is 0 Å². The summed E-state index contributed by atoms with van der Waals surface area (Å²) in [4.78, 5) is 5.27. The maximum atomic E-state index is 12.9. The molecule has 0 bridgehead atoms. The van der Waals surface area contributed by atoms with Gasteiger partial charge in [0.15, 0.2) is 0 Å². The van der Waals surface area contributed by atoms with E-state index in [0.29, 0.717) is 18.0 Å². The highest BCUT2D eigenvalue weighted by atomic mass is 35.5. The SMILES string of the molecule is Cl.Cl.Cl.O=S(=O)(NCCN1CCN(C(c2ccccc2)c2ccccc2)CC1)c1ccc2c(c1)CCNCC2. The quantitative estimate of drug-likeness (QED) is 0.396. The number of piperazine rings is 1. The molecule has 0 unspecified atom stereocenters. The number of benzene rings is 3. The summed E-state index contributed by atoms with van der Waals surface area (Å²) >= 11 is 0. The third kappa shape index (κ3) is 8.65. The average molecular weight is 614 g/mol. The van der Waals surface area contributed by atoms with Crippen LogP contribution in [0.1, 0.15) is 28.3 Å². The monoisotopic (exact) mass is 612 g/mol. The van der Waals surface area contributed by atoms with Crippen LogP contribution in [0.15, 0.2) is 83.8 Å². The highest BCUT2D eigenvalue weighted by Crippen LogP contribution is 2.29. The summed E-state index contributed by atoms with van der Waals surface area (Å²) in [5.74, 6) is 0. The first kappa shape index (κ1) is 33.5. The molecule has 0 radical (unpaired) electrons. The fourth-order valence-electron chi connectivity index (χ4n) is 5.37. The molecule has 3 aromatic rings. The maximum absolute atomic E-state index is 12.9. The lowest BCUT2D eigenvalue weighted by molar-refractivity contribution is 0.111. The molecule has 5 rings (SSSR count). The molecule has 2 aliphatic rings. The number of hydrogen-bond acceptors (Lipinski definition) is 5. The van der Waals surface area contributed by atoms with Gasteiger partial charge in [0, 0.05) is 39.3 Å². The molecule has 2 N–H and O–H groups in total. The minimum Gasteiger partial charge on any atom is -0.316 e. The van der Waals surface area contributed by atoms with Gasteiger partial charge in [-0.2, -0.15) is 0 Å². The third-order valence-corrected chi connectivity index (χ3v) is 8.81. The van der Waals surface area contributed by atoms with Gasteiger partial charge in [-0.3, -0.25) is 9.80 Å². The zero-order valence-electron chi connectivity index (χ0n) is 22.0. The Morgan fingerprint density at radius 2 is 1.31 bits per heavy atom. The van der Waals surface area contributed by atoms with Crippen molar-refractivity contribution < 1.29 is 8.42 Å². The molecule has 0 amide bonds. The fraction of sp³-hybridized carbons (Fsp3) is 0.379. The predicted molar refractivity (Wildman–Crippen MR) is 166 cm³/mol. The van der Waals surface area contributed by atoms with E-state index in [4.69, 9.17) is 0 Å². The minimum atomic E-state index is -3.51.